The van der Waals surface area contributed by atoms with Gasteiger partial charge in [-0.25, -0.2) is 8.42 Å². The Labute approximate surface area is 119 Å². The van der Waals surface area contributed by atoms with Crippen molar-refractivity contribution in [2.45, 2.75) is 17.7 Å². The lowest BCUT2D eigenvalue weighted by Gasteiger charge is -2.28. The molecule has 0 aromatic heterocycles. The first-order valence-electron chi connectivity index (χ1n) is 6.38. The fraction of sp³-hybridized carbons (Fsp3) is 0.429. The first-order chi connectivity index (χ1) is 9.48. The van der Waals surface area contributed by atoms with Crippen LogP contribution >= 0.6 is 0 Å². The third kappa shape index (κ3) is 2.81. The second kappa shape index (κ2) is 5.85. The summed E-state index contributed by atoms with van der Waals surface area (Å²) in [5.41, 5.74) is 0.937. The van der Waals surface area contributed by atoms with Gasteiger partial charge in [0.15, 0.2) is 0 Å². The van der Waals surface area contributed by atoms with Crippen LogP contribution in [0.5, 0.6) is 11.5 Å². The second-order valence-electron chi connectivity index (χ2n) is 4.71. The van der Waals surface area contributed by atoms with Crippen LogP contribution in [0.25, 0.3) is 0 Å². The van der Waals surface area contributed by atoms with Crippen molar-refractivity contribution in [3.05, 3.63) is 30.4 Å². The quantitative estimate of drug-likeness (QED) is 0.798. The first-order valence-corrected chi connectivity index (χ1v) is 7.82. The second-order valence-corrected chi connectivity index (χ2v) is 6.62. The molecule has 0 saturated carbocycles. The van der Waals surface area contributed by atoms with E-state index in [0.717, 1.165) is 18.4 Å². The molecule has 1 fully saturated rings. The summed E-state index contributed by atoms with van der Waals surface area (Å²) in [4.78, 5) is 0.163. The van der Waals surface area contributed by atoms with Gasteiger partial charge in [-0.1, -0.05) is 12.2 Å². The van der Waals surface area contributed by atoms with Crippen LogP contribution in [0, 0.1) is 0 Å². The number of hydrogen-bond acceptors (Lipinski definition) is 4. The van der Waals surface area contributed by atoms with E-state index in [-0.39, 0.29) is 4.90 Å². The highest BCUT2D eigenvalue weighted by Crippen LogP contribution is 2.32. The molecule has 0 N–H and O–H groups in total. The van der Waals surface area contributed by atoms with Crippen molar-refractivity contribution in [1.29, 1.82) is 0 Å². The van der Waals surface area contributed by atoms with Crippen LogP contribution in [0.3, 0.4) is 0 Å². The van der Waals surface area contributed by atoms with Crippen LogP contribution in [0.15, 0.2) is 35.2 Å². The summed E-state index contributed by atoms with van der Waals surface area (Å²) in [6.45, 7) is 4.77. The molecule has 1 saturated heterocycles. The number of nitrogens with zero attached hydrogens (tertiary/aromatic N) is 1. The standard InChI is InChI=1S/C14H19NO4S/c1-11-5-4-8-15(10-11)20(16,17)14-7-6-12(18-2)9-13(14)19-3/h6-7,9H,1,4-5,8,10H2,2-3H3. The highest BCUT2D eigenvalue weighted by Gasteiger charge is 2.30. The monoisotopic (exact) mass is 297 g/mol. The van der Waals surface area contributed by atoms with Gasteiger partial charge in [-0.05, 0) is 25.0 Å². The lowest BCUT2D eigenvalue weighted by atomic mass is 10.1. The third-order valence-electron chi connectivity index (χ3n) is 3.33. The lowest BCUT2D eigenvalue weighted by molar-refractivity contribution is 0.374. The first kappa shape index (κ1) is 14.9. The summed E-state index contributed by atoms with van der Waals surface area (Å²) >= 11 is 0. The Morgan fingerprint density at radius 3 is 2.60 bits per heavy atom. The van der Waals surface area contributed by atoms with Gasteiger partial charge in [0.25, 0.3) is 0 Å². The lowest BCUT2D eigenvalue weighted by Crippen LogP contribution is -2.36. The molecule has 20 heavy (non-hydrogen) atoms. The largest absolute Gasteiger partial charge is 0.497 e. The van der Waals surface area contributed by atoms with E-state index in [2.05, 4.69) is 6.58 Å². The maximum Gasteiger partial charge on any atom is 0.247 e. The molecule has 0 radical (unpaired) electrons. The number of rotatable bonds is 4. The van der Waals surface area contributed by atoms with Gasteiger partial charge < -0.3 is 9.47 Å². The number of sulfonamides is 1. The zero-order chi connectivity index (χ0) is 14.8. The van der Waals surface area contributed by atoms with Gasteiger partial charge in [0.1, 0.15) is 16.4 Å². The minimum Gasteiger partial charge on any atom is -0.497 e. The Morgan fingerprint density at radius 1 is 1.25 bits per heavy atom. The molecule has 0 spiro atoms. The van der Waals surface area contributed by atoms with Gasteiger partial charge >= 0.3 is 0 Å². The SMILES string of the molecule is C=C1CCCN(S(=O)(=O)c2ccc(OC)cc2OC)C1. The summed E-state index contributed by atoms with van der Waals surface area (Å²) < 4.78 is 37.1. The predicted molar refractivity (Wildman–Crippen MR) is 76.7 cm³/mol. The average Bonchev–Trinajstić information content (AvgIpc) is 2.46. The van der Waals surface area contributed by atoms with Gasteiger partial charge in [0, 0.05) is 19.2 Å². The van der Waals surface area contributed by atoms with Gasteiger partial charge in [-0.15, -0.1) is 0 Å². The smallest absolute Gasteiger partial charge is 0.247 e. The molecule has 0 atom stereocenters. The Bertz CT molecular complexity index is 610. The molecule has 6 heteroatoms. The van der Waals surface area contributed by atoms with Crippen LogP contribution in [0.1, 0.15) is 12.8 Å². The molecule has 1 aromatic rings. The highest BCUT2D eigenvalue weighted by atomic mass is 32.2. The summed E-state index contributed by atoms with van der Waals surface area (Å²) in [6, 6.07) is 4.71. The zero-order valence-electron chi connectivity index (χ0n) is 11.8. The van der Waals surface area contributed by atoms with Gasteiger partial charge in [-0.2, -0.15) is 4.31 Å². The molecule has 1 aliphatic heterocycles. The number of benzene rings is 1. The van der Waals surface area contributed by atoms with E-state index in [0.29, 0.717) is 24.6 Å². The van der Waals surface area contributed by atoms with Crippen LogP contribution in [-0.2, 0) is 10.0 Å². The number of hydrogen-bond donors (Lipinski definition) is 0. The Kier molecular flexibility index (Phi) is 4.35. The summed E-state index contributed by atoms with van der Waals surface area (Å²) in [6.07, 6.45) is 1.68. The van der Waals surface area contributed by atoms with Crippen molar-refractivity contribution < 1.29 is 17.9 Å². The molecule has 0 aliphatic carbocycles. The van der Waals surface area contributed by atoms with Crippen molar-refractivity contribution in [3.63, 3.8) is 0 Å². The zero-order valence-corrected chi connectivity index (χ0v) is 12.6. The van der Waals surface area contributed by atoms with Crippen molar-refractivity contribution in [1.82, 2.24) is 4.31 Å². The fourth-order valence-electron chi connectivity index (χ4n) is 2.25. The normalized spacial score (nSPS) is 17.0. The maximum atomic E-state index is 12.7. The average molecular weight is 297 g/mol. The van der Waals surface area contributed by atoms with Crippen LogP contribution < -0.4 is 9.47 Å². The molecule has 1 aliphatic rings. The third-order valence-corrected chi connectivity index (χ3v) is 5.21. The van der Waals surface area contributed by atoms with E-state index in [9.17, 15) is 8.42 Å². The Balaban J connectivity index is 2.40. The van der Waals surface area contributed by atoms with Crippen molar-refractivity contribution in [2.75, 3.05) is 27.3 Å². The molecule has 1 aromatic carbocycles. The number of methoxy groups -OCH3 is 2. The van der Waals surface area contributed by atoms with Gasteiger partial charge in [0.2, 0.25) is 10.0 Å². The van der Waals surface area contributed by atoms with Crippen molar-refractivity contribution >= 4 is 10.0 Å². The van der Waals surface area contributed by atoms with Crippen molar-refractivity contribution in [2.24, 2.45) is 0 Å². The van der Waals surface area contributed by atoms with Crippen LogP contribution in [-0.4, -0.2) is 40.0 Å². The molecule has 0 bridgehead atoms. The molecule has 5 nitrogen and oxygen atoms in total. The van der Waals surface area contributed by atoms with Crippen LogP contribution in [0.2, 0.25) is 0 Å². The molecular formula is C14H19NO4S. The number of piperidine rings is 1. The molecule has 110 valence electrons. The van der Waals surface area contributed by atoms with E-state index in [1.165, 1.54) is 24.6 Å². The van der Waals surface area contributed by atoms with E-state index in [1.54, 1.807) is 12.1 Å². The Morgan fingerprint density at radius 2 is 2.00 bits per heavy atom. The summed E-state index contributed by atoms with van der Waals surface area (Å²) in [7, 11) is -0.598. The van der Waals surface area contributed by atoms with Gasteiger partial charge in [-0.3, -0.25) is 0 Å². The molecular weight excluding hydrogens is 278 g/mol. The summed E-state index contributed by atoms with van der Waals surface area (Å²) in [5, 5.41) is 0. The van der Waals surface area contributed by atoms with E-state index >= 15 is 0 Å². The van der Waals surface area contributed by atoms with E-state index < -0.39 is 10.0 Å². The van der Waals surface area contributed by atoms with E-state index in [1.807, 2.05) is 0 Å². The highest BCUT2D eigenvalue weighted by molar-refractivity contribution is 7.89. The molecule has 2 rings (SSSR count). The minimum atomic E-state index is -3.57. The fourth-order valence-corrected chi connectivity index (χ4v) is 3.88. The Hall–Kier alpha value is -1.53. The van der Waals surface area contributed by atoms with Gasteiger partial charge in [0.05, 0.1) is 14.2 Å². The minimum absolute atomic E-state index is 0.163. The van der Waals surface area contributed by atoms with E-state index in [4.69, 9.17) is 9.47 Å². The maximum absolute atomic E-state index is 12.7. The predicted octanol–water partition coefficient (Wildman–Crippen LogP) is 2.04. The van der Waals surface area contributed by atoms with Crippen LogP contribution in [0.4, 0.5) is 0 Å². The topological polar surface area (TPSA) is 55.8 Å². The molecule has 0 unspecified atom stereocenters. The number of ether oxygens (including phenoxy) is 2. The molecule has 1 heterocycles. The van der Waals surface area contributed by atoms with Crippen molar-refractivity contribution in [3.8, 4) is 11.5 Å². The summed E-state index contributed by atoms with van der Waals surface area (Å²) in [5.74, 6) is 0.851. The molecule has 0 amide bonds.